The summed E-state index contributed by atoms with van der Waals surface area (Å²) in [6.45, 7) is 13.5. The number of aromatic nitrogens is 1. The molecule has 122 valence electrons. The van der Waals surface area contributed by atoms with Gasteiger partial charge in [0.05, 0.1) is 6.10 Å². The highest BCUT2D eigenvalue weighted by Crippen LogP contribution is 2.38. The van der Waals surface area contributed by atoms with Crippen molar-refractivity contribution in [2.24, 2.45) is 0 Å². The highest BCUT2D eigenvalue weighted by molar-refractivity contribution is 6.74. The molecule has 0 aromatic carbocycles. The first-order valence-electron chi connectivity index (χ1n) is 8.24. The predicted molar refractivity (Wildman–Crippen MR) is 96.8 cm³/mol. The lowest BCUT2D eigenvalue weighted by Crippen LogP contribution is -2.44. The molecule has 1 aliphatic rings. The zero-order chi connectivity index (χ0) is 16.4. The topological polar surface area (TPSA) is 34.1 Å². The molecule has 4 heteroatoms. The number of pyridine rings is 1. The maximum atomic E-state index is 6.47. The molecule has 0 unspecified atom stereocenters. The second kappa shape index (κ2) is 6.55. The average Bonchev–Trinajstić information content (AvgIpc) is 2.39. The van der Waals surface area contributed by atoms with Gasteiger partial charge in [-0.2, -0.15) is 0 Å². The third kappa shape index (κ3) is 4.43. The van der Waals surface area contributed by atoms with Crippen molar-refractivity contribution in [1.82, 2.24) is 4.98 Å². The second-order valence-electron chi connectivity index (χ2n) is 7.79. The Balaban J connectivity index is 1.93. The van der Waals surface area contributed by atoms with Crippen LogP contribution in [-0.2, 0) is 4.43 Å². The maximum Gasteiger partial charge on any atom is 0.192 e. The quantitative estimate of drug-likeness (QED) is 0.632. The third-order valence-corrected chi connectivity index (χ3v) is 9.30. The van der Waals surface area contributed by atoms with Crippen molar-refractivity contribution in [2.75, 3.05) is 5.32 Å². The van der Waals surface area contributed by atoms with Gasteiger partial charge in [-0.25, -0.2) is 4.98 Å². The molecule has 1 aromatic rings. The second-order valence-corrected chi connectivity index (χ2v) is 12.6. The first-order valence-corrected chi connectivity index (χ1v) is 11.1. The fourth-order valence-electron chi connectivity index (χ4n) is 2.38. The van der Waals surface area contributed by atoms with E-state index in [1.165, 1.54) is 0 Å². The minimum atomic E-state index is -1.68. The van der Waals surface area contributed by atoms with E-state index in [1.54, 1.807) is 0 Å². The van der Waals surface area contributed by atoms with Crippen LogP contribution in [0.1, 0.15) is 39.3 Å². The molecule has 1 aromatic heterocycles. The van der Waals surface area contributed by atoms with E-state index in [0.717, 1.165) is 24.4 Å². The molecule has 0 amide bonds. The van der Waals surface area contributed by atoms with Gasteiger partial charge in [0.15, 0.2) is 8.32 Å². The van der Waals surface area contributed by atoms with Gasteiger partial charge in [-0.1, -0.05) is 39.0 Å². The van der Waals surface area contributed by atoms with Crippen LogP contribution in [0.25, 0.3) is 0 Å². The summed E-state index contributed by atoms with van der Waals surface area (Å²) in [5, 5.41) is 3.76. The van der Waals surface area contributed by atoms with Gasteiger partial charge in [-0.15, -0.1) is 0 Å². The van der Waals surface area contributed by atoms with Gasteiger partial charge in [0.25, 0.3) is 0 Å². The molecule has 1 heterocycles. The summed E-state index contributed by atoms with van der Waals surface area (Å²) in [6, 6.07) is 6.44. The number of hydrogen-bond acceptors (Lipinski definition) is 3. The fourth-order valence-corrected chi connectivity index (χ4v) is 3.69. The van der Waals surface area contributed by atoms with Gasteiger partial charge in [0.2, 0.25) is 0 Å². The van der Waals surface area contributed by atoms with Gasteiger partial charge in [-0.05, 0) is 50.0 Å². The summed E-state index contributed by atoms with van der Waals surface area (Å²) < 4.78 is 6.47. The number of anilines is 1. The number of nitrogens with one attached hydrogen (secondary N) is 1. The molecule has 0 saturated heterocycles. The highest BCUT2D eigenvalue weighted by Gasteiger charge is 2.39. The molecule has 2 atom stereocenters. The molecule has 0 aliphatic heterocycles. The SMILES string of the molecule is Cc1cccc(N[C@@H]2C=C[C@H](O[Si](C)(C)C(C)(C)C)CC2)n1. The van der Waals surface area contributed by atoms with Crippen LogP contribution in [-0.4, -0.2) is 25.4 Å². The van der Waals surface area contributed by atoms with Crippen LogP contribution in [0, 0.1) is 6.92 Å². The van der Waals surface area contributed by atoms with Crippen LogP contribution < -0.4 is 5.32 Å². The average molecular weight is 319 g/mol. The minimum Gasteiger partial charge on any atom is -0.411 e. The van der Waals surface area contributed by atoms with Crippen molar-refractivity contribution in [3.05, 3.63) is 36.0 Å². The maximum absolute atomic E-state index is 6.47. The molecule has 0 bridgehead atoms. The standard InChI is InChI=1S/C18H30N2OSi/c1-14-8-7-9-17(19-14)20-15-10-12-16(13-11-15)21-22(5,6)18(2,3)4/h7-10,12,15-16H,11,13H2,1-6H3,(H,19,20)/t15-,16+/m1/s1. The molecule has 0 saturated carbocycles. The Kier molecular flexibility index (Phi) is 5.13. The van der Waals surface area contributed by atoms with E-state index >= 15 is 0 Å². The number of nitrogens with zero attached hydrogens (tertiary/aromatic N) is 1. The summed E-state index contributed by atoms with van der Waals surface area (Å²) in [5.41, 5.74) is 1.05. The van der Waals surface area contributed by atoms with Gasteiger partial charge >= 0.3 is 0 Å². The van der Waals surface area contributed by atoms with Crippen molar-refractivity contribution in [3.8, 4) is 0 Å². The van der Waals surface area contributed by atoms with E-state index in [1.807, 2.05) is 25.1 Å². The highest BCUT2D eigenvalue weighted by atomic mass is 28.4. The smallest absolute Gasteiger partial charge is 0.192 e. The van der Waals surface area contributed by atoms with E-state index in [-0.39, 0.29) is 11.1 Å². The van der Waals surface area contributed by atoms with Crippen LogP contribution >= 0.6 is 0 Å². The van der Waals surface area contributed by atoms with Crippen molar-refractivity contribution in [1.29, 1.82) is 0 Å². The fraction of sp³-hybridized carbons (Fsp3) is 0.611. The molecule has 0 fully saturated rings. The van der Waals surface area contributed by atoms with Gasteiger partial charge in [0, 0.05) is 11.7 Å². The summed E-state index contributed by atoms with van der Waals surface area (Å²) in [7, 11) is -1.68. The Morgan fingerprint density at radius 3 is 2.45 bits per heavy atom. The van der Waals surface area contributed by atoms with Crippen LogP contribution in [0.2, 0.25) is 18.1 Å². The van der Waals surface area contributed by atoms with E-state index in [4.69, 9.17) is 4.43 Å². The Hall–Kier alpha value is -1.13. The Morgan fingerprint density at radius 2 is 1.91 bits per heavy atom. The van der Waals surface area contributed by atoms with Gasteiger partial charge < -0.3 is 9.74 Å². The van der Waals surface area contributed by atoms with Crippen LogP contribution in [0.5, 0.6) is 0 Å². The van der Waals surface area contributed by atoms with Gasteiger partial charge in [0.1, 0.15) is 5.82 Å². The number of hydrogen-bond donors (Lipinski definition) is 1. The largest absolute Gasteiger partial charge is 0.411 e. The zero-order valence-corrected chi connectivity index (χ0v) is 15.8. The number of aryl methyl sites for hydroxylation is 1. The van der Waals surface area contributed by atoms with E-state index in [2.05, 4.69) is 56.3 Å². The summed E-state index contributed by atoms with van der Waals surface area (Å²) in [4.78, 5) is 4.51. The van der Waals surface area contributed by atoms with Crippen LogP contribution in [0.4, 0.5) is 5.82 Å². The van der Waals surface area contributed by atoms with E-state index < -0.39 is 8.32 Å². The van der Waals surface area contributed by atoms with E-state index in [9.17, 15) is 0 Å². The van der Waals surface area contributed by atoms with Crippen LogP contribution in [0.15, 0.2) is 30.4 Å². The molecule has 0 radical (unpaired) electrons. The molecular formula is C18H30N2OSi. The number of rotatable bonds is 4. The molecule has 1 N–H and O–H groups in total. The van der Waals surface area contributed by atoms with Crippen molar-refractivity contribution >= 4 is 14.1 Å². The Bertz CT molecular complexity index is 534. The van der Waals surface area contributed by atoms with E-state index in [0.29, 0.717) is 6.04 Å². The normalized spacial score (nSPS) is 22.6. The monoisotopic (exact) mass is 318 g/mol. The zero-order valence-electron chi connectivity index (χ0n) is 14.8. The first kappa shape index (κ1) is 17.2. The van der Waals surface area contributed by atoms with Crippen molar-refractivity contribution in [2.45, 2.75) is 70.8 Å². The first-order chi connectivity index (χ1) is 10.2. The molecule has 1 aliphatic carbocycles. The lowest BCUT2D eigenvalue weighted by molar-refractivity contribution is 0.205. The van der Waals surface area contributed by atoms with Crippen LogP contribution in [0.3, 0.4) is 0 Å². The Labute approximate surface area is 136 Å². The third-order valence-electron chi connectivity index (χ3n) is 4.79. The molecule has 0 spiro atoms. The summed E-state index contributed by atoms with van der Waals surface area (Å²) in [6.07, 6.45) is 6.91. The minimum absolute atomic E-state index is 0.265. The molecule has 2 rings (SSSR count). The lowest BCUT2D eigenvalue weighted by Gasteiger charge is -2.39. The Morgan fingerprint density at radius 1 is 1.18 bits per heavy atom. The van der Waals surface area contributed by atoms with Crippen molar-refractivity contribution in [3.63, 3.8) is 0 Å². The van der Waals surface area contributed by atoms with Crippen molar-refractivity contribution < 1.29 is 4.43 Å². The molecule has 3 nitrogen and oxygen atoms in total. The lowest BCUT2D eigenvalue weighted by atomic mass is 10.0. The summed E-state index contributed by atoms with van der Waals surface area (Å²) >= 11 is 0. The summed E-state index contributed by atoms with van der Waals surface area (Å²) in [5.74, 6) is 0.957. The van der Waals surface area contributed by atoms with Gasteiger partial charge in [-0.3, -0.25) is 0 Å². The molecular weight excluding hydrogens is 288 g/mol. The predicted octanol–water partition coefficient (Wildman–Crippen LogP) is 4.91. The molecule has 22 heavy (non-hydrogen) atoms.